The molecule has 20 rings (SSSR count). The van der Waals surface area contributed by atoms with E-state index in [4.69, 9.17) is 0 Å². The van der Waals surface area contributed by atoms with Crippen LogP contribution in [0.5, 0.6) is 0 Å². The molecule has 0 N–H and O–H groups in total. The molecular weight excluding hydrogens is 1580 g/mol. The average Bonchev–Trinajstić information content (AvgIpc) is 1.58. The van der Waals surface area contributed by atoms with Crippen molar-refractivity contribution < 1.29 is 0 Å². The number of aromatic nitrogens is 2. The Bertz CT molecular complexity index is 5150. The molecule has 2 aliphatic carbocycles. The van der Waals surface area contributed by atoms with E-state index in [2.05, 4.69) is 346 Å². The zero-order valence-electron chi connectivity index (χ0n) is 85.4. The smallest absolute Gasteiger partial charge is 0.0541 e. The van der Waals surface area contributed by atoms with E-state index in [0.29, 0.717) is 0 Å². The van der Waals surface area contributed by atoms with E-state index >= 15 is 0 Å². The van der Waals surface area contributed by atoms with Crippen LogP contribution in [0.3, 0.4) is 0 Å². The SMILES string of the molecule is CC.CC.CC.CC.CC.CC.CC.CC.CC.CC.CC.CC.CC.CC.CC.CC1(C)c2ccccc2-c2ccccc21.CC1(c2ccccc2)c2ccccc2-c2ccccc21.c1ccc(-n2c3ccccc3c3ccccc32)cc1.c1ccc2c(c1)ccc1ccccc12.c1ccc2c(c1)sc1ccccc12.c1ccccc1.c1ccncc1.c1ccsc1. The van der Waals surface area contributed by atoms with Crippen LogP contribution >= 0.6 is 22.7 Å². The number of para-hydroxylation sites is 3. The number of nitrogens with zero attached hydrogens (tertiary/aromatic N) is 2. The maximum atomic E-state index is 3.78. The predicted molar refractivity (Wildman–Crippen MR) is 595 cm³/mol. The minimum atomic E-state index is -0.0472. The van der Waals surface area contributed by atoms with Crippen LogP contribution in [0.15, 0.2) is 405 Å². The molecule has 684 valence electrons. The Hall–Kier alpha value is -11.5. The van der Waals surface area contributed by atoms with Gasteiger partial charge in [0.2, 0.25) is 0 Å². The summed E-state index contributed by atoms with van der Waals surface area (Å²) in [5, 5.41) is 14.8. The van der Waals surface area contributed by atoms with E-state index in [1.807, 2.05) is 297 Å². The molecule has 2 aliphatic rings. The third kappa shape index (κ3) is 36.0. The number of benzene rings is 14. The Morgan fingerprint density at radius 3 is 0.773 bits per heavy atom. The maximum absolute atomic E-state index is 3.78. The molecule has 0 atom stereocenters. The van der Waals surface area contributed by atoms with Crippen molar-refractivity contribution in [2.24, 2.45) is 0 Å². The summed E-state index contributed by atoms with van der Waals surface area (Å²) in [5.74, 6) is 0. The highest BCUT2D eigenvalue weighted by Gasteiger charge is 2.40. The van der Waals surface area contributed by atoms with Gasteiger partial charge in [-0.05, 0) is 138 Å². The van der Waals surface area contributed by atoms with Gasteiger partial charge in [-0.2, -0.15) is 11.3 Å². The van der Waals surface area contributed by atoms with Crippen molar-refractivity contribution in [3.63, 3.8) is 0 Å². The fourth-order valence-electron chi connectivity index (χ4n) is 13.5. The molecule has 2 nitrogen and oxygen atoms in total. The molecule has 18 aromatic rings. The van der Waals surface area contributed by atoms with E-state index in [-0.39, 0.29) is 10.8 Å². The van der Waals surface area contributed by atoms with Gasteiger partial charge >= 0.3 is 0 Å². The van der Waals surface area contributed by atoms with Gasteiger partial charge in [0.1, 0.15) is 0 Å². The summed E-state index contributed by atoms with van der Waals surface area (Å²) in [4.78, 5) is 3.78. The molecule has 0 saturated heterocycles. The largest absolute Gasteiger partial charge is 0.309 e. The average molecular weight is 1750 g/mol. The van der Waals surface area contributed by atoms with Crippen LogP contribution < -0.4 is 0 Å². The fourth-order valence-corrected chi connectivity index (χ4v) is 15.1. The monoisotopic (exact) mass is 1750 g/mol. The first-order valence-corrected chi connectivity index (χ1v) is 50.2. The predicted octanol–water partition coefficient (Wildman–Crippen LogP) is 41.8. The summed E-state index contributed by atoms with van der Waals surface area (Å²) < 4.78 is 5.08. The number of thiophene rings is 2. The zero-order valence-corrected chi connectivity index (χ0v) is 87.0. The van der Waals surface area contributed by atoms with Crippen molar-refractivity contribution in [2.45, 2.75) is 239 Å². The Labute approximate surface area is 790 Å². The van der Waals surface area contributed by atoms with E-state index < -0.39 is 0 Å². The zero-order chi connectivity index (χ0) is 96.8. The first kappa shape index (κ1) is 121. The van der Waals surface area contributed by atoms with Crippen LogP contribution in [0, 0.1) is 0 Å². The number of hydrogen-bond donors (Lipinski definition) is 0. The molecule has 0 spiro atoms. The maximum Gasteiger partial charge on any atom is 0.0541 e. The molecule has 4 aromatic heterocycles. The number of pyridine rings is 1. The van der Waals surface area contributed by atoms with Crippen LogP contribution in [0.2, 0.25) is 0 Å². The second kappa shape index (κ2) is 77.8. The van der Waals surface area contributed by atoms with Gasteiger partial charge in [0.05, 0.1) is 11.0 Å². The Morgan fingerprint density at radius 2 is 0.461 bits per heavy atom. The van der Waals surface area contributed by atoms with Crippen LogP contribution in [-0.2, 0) is 10.8 Å². The van der Waals surface area contributed by atoms with Gasteiger partial charge in [-0.3, -0.25) is 4.98 Å². The normalized spacial score (nSPS) is 9.88. The second-order valence-corrected chi connectivity index (χ2v) is 26.5. The number of hydrogen-bond acceptors (Lipinski definition) is 3. The van der Waals surface area contributed by atoms with Crippen LogP contribution in [-0.4, -0.2) is 9.55 Å². The number of fused-ring (bicyclic) bond motifs is 15. The van der Waals surface area contributed by atoms with Crippen molar-refractivity contribution >= 4 is 86.2 Å². The van der Waals surface area contributed by atoms with Crippen LogP contribution in [0.4, 0.5) is 0 Å². The third-order valence-corrected chi connectivity index (χ3v) is 20.0. The van der Waals surface area contributed by atoms with Gasteiger partial charge in [0, 0.05) is 59.9 Å². The van der Waals surface area contributed by atoms with E-state index in [1.165, 1.54) is 119 Å². The van der Waals surface area contributed by atoms with Gasteiger partial charge in [-0.1, -0.05) is 555 Å². The minimum Gasteiger partial charge on any atom is -0.309 e. The van der Waals surface area contributed by atoms with Gasteiger partial charge in [0.25, 0.3) is 0 Å². The molecule has 128 heavy (non-hydrogen) atoms. The summed E-state index contributed by atoms with van der Waals surface area (Å²) in [6.45, 7) is 66.9. The molecule has 4 heterocycles. The van der Waals surface area contributed by atoms with Gasteiger partial charge < -0.3 is 4.57 Å². The summed E-state index contributed by atoms with van der Waals surface area (Å²) in [5.41, 5.74) is 16.5. The van der Waals surface area contributed by atoms with Crippen LogP contribution in [0.1, 0.15) is 256 Å². The Kier molecular flexibility index (Phi) is 73.3. The van der Waals surface area contributed by atoms with Gasteiger partial charge in [-0.15, -0.1) is 11.3 Å². The fraction of sp³-hybridized carbons (Fsp3) is 0.282. The van der Waals surface area contributed by atoms with Gasteiger partial charge in [0.15, 0.2) is 0 Å². The summed E-state index contributed by atoms with van der Waals surface area (Å²) in [6.07, 6.45) is 3.50. The molecule has 14 aromatic carbocycles. The summed E-state index contributed by atoms with van der Waals surface area (Å²) in [7, 11) is 0. The summed E-state index contributed by atoms with van der Waals surface area (Å²) >= 11 is 3.57. The van der Waals surface area contributed by atoms with Crippen molar-refractivity contribution in [1.82, 2.24) is 9.55 Å². The lowest BCUT2D eigenvalue weighted by atomic mass is 9.74. The highest BCUT2D eigenvalue weighted by molar-refractivity contribution is 7.25. The second-order valence-electron chi connectivity index (χ2n) is 24.6. The standard InChI is InChI=1S/C20H16.C18H13N.C15H14.C14H10.C12H8S.C6H6.C5H5N.C4H4S.15C2H6/c1-20(15-9-3-2-4-10-15)18-13-7-5-11-16(18)17-12-6-8-14-19(17)20;1-2-8-14(9-3-1)19-17-12-6-4-10-15(17)16-11-5-7-13-18(16)19;1-15(2)13-9-5-3-7-11(13)12-8-4-6-10-14(12)15;1-3-7-13-11(5-1)9-10-12-6-2-4-8-14(12)13;1-3-7-11-9(5-1)10-6-2-4-8-12(10)13-11;2*1-2-4-6-5-3-1;1-2-4-5-3-1;15*1-2/h2-14H,1H3;1-13H;3-10H,1-2H3;1-10H;1-8H;1-6H;1-5H;1-4H;15*1-2H3. The highest BCUT2D eigenvalue weighted by atomic mass is 32.1. The minimum absolute atomic E-state index is 0.0472. The van der Waals surface area contributed by atoms with Gasteiger partial charge in [-0.25, -0.2) is 0 Å². The van der Waals surface area contributed by atoms with Crippen molar-refractivity contribution in [3.8, 4) is 27.9 Å². The van der Waals surface area contributed by atoms with E-state index in [1.54, 1.807) is 23.7 Å². The lowest BCUT2D eigenvalue weighted by Gasteiger charge is -2.28. The topological polar surface area (TPSA) is 17.8 Å². The van der Waals surface area contributed by atoms with Crippen molar-refractivity contribution in [2.75, 3.05) is 0 Å². The summed E-state index contributed by atoms with van der Waals surface area (Å²) in [6, 6.07) is 134. The highest BCUT2D eigenvalue weighted by Crippen LogP contribution is 2.52. The first-order valence-electron chi connectivity index (χ1n) is 48.4. The molecule has 0 saturated carbocycles. The van der Waals surface area contributed by atoms with Crippen LogP contribution in [0.25, 0.3) is 91.5 Å². The first-order chi connectivity index (χ1) is 63.4. The quantitative estimate of drug-likeness (QED) is 0.158. The number of rotatable bonds is 2. The van der Waals surface area contributed by atoms with E-state index in [0.717, 1.165) is 0 Å². The van der Waals surface area contributed by atoms with Crippen molar-refractivity contribution in [1.29, 1.82) is 0 Å². The molecule has 0 bridgehead atoms. The molecule has 0 aliphatic heterocycles. The molecule has 4 heteroatoms. The molecular formula is C124H166N2S2. The molecule has 0 radical (unpaired) electrons. The van der Waals surface area contributed by atoms with Crippen molar-refractivity contribution in [3.05, 3.63) is 433 Å². The van der Waals surface area contributed by atoms with E-state index in [9.17, 15) is 0 Å². The lowest BCUT2D eigenvalue weighted by molar-refractivity contribution is 0.660. The lowest BCUT2D eigenvalue weighted by Crippen LogP contribution is -2.22. The molecule has 0 amide bonds. The molecule has 0 unspecified atom stereocenters. The Morgan fingerprint density at radius 1 is 0.211 bits per heavy atom. The Balaban J connectivity index is -0.00000137. The molecule has 0 fully saturated rings. The third-order valence-electron chi connectivity index (χ3n) is 18.3.